The third-order valence-corrected chi connectivity index (χ3v) is 3.84. The van der Waals surface area contributed by atoms with Gasteiger partial charge in [-0.1, -0.05) is 12.1 Å². The number of hydrogen-bond donors (Lipinski definition) is 2. The minimum atomic E-state index is -1.03. The number of nitrogens with zero attached hydrogens (tertiary/aromatic N) is 1. The molecule has 0 spiro atoms. The Bertz CT molecular complexity index is 791. The fourth-order valence-corrected chi connectivity index (χ4v) is 2.46. The van der Waals surface area contributed by atoms with E-state index < -0.39 is 18.5 Å². The molecule has 0 radical (unpaired) electrons. The molecule has 0 bridgehead atoms. The van der Waals surface area contributed by atoms with Crippen molar-refractivity contribution in [2.24, 2.45) is 0 Å². The molecule has 2 N–H and O–H groups in total. The summed E-state index contributed by atoms with van der Waals surface area (Å²) in [5, 5.41) is 18.3. The maximum atomic E-state index is 14.2. The van der Waals surface area contributed by atoms with Gasteiger partial charge in [0.2, 0.25) is 0 Å². The zero-order chi connectivity index (χ0) is 18.6. The Labute approximate surface area is 145 Å². The molecule has 2 aromatic rings. The van der Waals surface area contributed by atoms with Gasteiger partial charge in [0.1, 0.15) is 5.82 Å². The van der Waals surface area contributed by atoms with Crippen LogP contribution in [0.1, 0.15) is 27.6 Å². The van der Waals surface area contributed by atoms with E-state index in [4.69, 9.17) is 5.11 Å². The topological polar surface area (TPSA) is 77.8 Å². The van der Waals surface area contributed by atoms with Gasteiger partial charge in [-0.25, -0.2) is 4.39 Å². The number of aliphatic hydroxyl groups excluding tert-OH is 2. The van der Waals surface area contributed by atoms with E-state index in [1.807, 2.05) is 0 Å². The van der Waals surface area contributed by atoms with E-state index in [0.29, 0.717) is 16.7 Å². The van der Waals surface area contributed by atoms with Crippen molar-refractivity contribution in [1.29, 1.82) is 0 Å². The van der Waals surface area contributed by atoms with Crippen LogP contribution >= 0.6 is 0 Å². The standard InChI is InChI=1S/C19H20FNO4/c1-12(23)13-6-7-18(20)17(9-13)14-4-3-5-15(8-14)19(25)21(2)10-16(24)11-22/h3-9,16,22,24H,10-11H2,1-2H3/t16-/m0/s1. The molecule has 0 fully saturated rings. The van der Waals surface area contributed by atoms with Crippen LogP contribution in [0, 0.1) is 5.82 Å². The van der Waals surface area contributed by atoms with Gasteiger partial charge in [-0.15, -0.1) is 0 Å². The molecule has 6 heteroatoms. The molecule has 0 saturated carbocycles. The maximum absolute atomic E-state index is 14.2. The Morgan fingerprint density at radius 2 is 1.88 bits per heavy atom. The van der Waals surface area contributed by atoms with Crippen LogP contribution in [0.3, 0.4) is 0 Å². The van der Waals surface area contributed by atoms with Crippen molar-refractivity contribution in [3.63, 3.8) is 0 Å². The number of halogens is 1. The Kier molecular flexibility index (Phi) is 6.01. The average molecular weight is 345 g/mol. The van der Waals surface area contributed by atoms with Gasteiger partial charge in [-0.05, 0) is 42.8 Å². The van der Waals surface area contributed by atoms with Gasteiger partial charge in [0.25, 0.3) is 5.91 Å². The molecule has 132 valence electrons. The second-order valence-corrected chi connectivity index (χ2v) is 5.85. The molecule has 1 atom stereocenters. The van der Waals surface area contributed by atoms with Crippen molar-refractivity contribution < 1.29 is 24.2 Å². The minimum absolute atomic E-state index is 0.0201. The van der Waals surface area contributed by atoms with Crippen molar-refractivity contribution in [2.75, 3.05) is 20.2 Å². The molecule has 0 saturated heterocycles. The Hall–Kier alpha value is -2.57. The van der Waals surface area contributed by atoms with Gasteiger partial charge in [0.15, 0.2) is 5.78 Å². The van der Waals surface area contributed by atoms with Gasteiger partial charge in [-0.2, -0.15) is 0 Å². The lowest BCUT2D eigenvalue weighted by atomic mass is 9.99. The Morgan fingerprint density at radius 3 is 2.52 bits per heavy atom. The number of benzene rings is 2. The van der Waals surface area contributed by atoms with E-state index in [9.17, 15) is 19.1 Å². The van der Waals surface area contributed by atoms with E-state index in [0.717, 1.165) is 0 Å². The van der Waals surface area contributed by atoms with Crippen LogP contribution in [0.5, 0.6) is 0 Å². The number of amides is 1. The van der Waals surface area contributed by atoms with Gasteiger partial charge in [-0.3, -0.25) is 9.59 Å². The highest BCUT2D eigenvalue weighted by atomic mass is 19.1. The highest BCUT2D eigenvalue weighted by Gasteiger charge is 2.16. The monoisotopic (exact) mass is 345 g/mol. The molecule has 0 aliphatic heterocycles. The number of hydrogen-bond acceptors (Lipinski definition) is 4. The summed E-state index contributed by atoms with van der Waals surface area (Å²) < 4.78 is 14.2. The van der Waals surface area contributed by atoms with Gasteiger partial charge in [0, 0.05) is 30.3 Å². The number of rotatable bonds is 6. The predicted molar refractivity (Wildman–Crippen MR) is 91.9 cm³/mol. The second-order valence-electron chi connectivity index (χ2n) is 5.85. The molecule has 0 aromatic heterocycles. The Morgan fingerprint density at radius 1 is 1.16 bits per heavy atom. The molecule has 2 rings (SSSR count). The molecule has 0 aliphatic carbocycles. The molecule has 1 amide bonds. The number of carbonyl (C=O) groups is 2. The van der Waals surface area contributed by atoms with E-state index in [2.05, 4.69) is 0 Å². The lowest BCUT2D eigenvalue weighted by Gasteiger charge is -2.20. The fraction of sp³-hybridized carbons (Fsp3) is 0.263. The number of ketones is 1. The van der Waals surface area contributed by atoms with Gasteiger partial charge in [0.05, 0.1) is 12.7 Å². The van der Waals surface area contributed by atoms with Crippen LogP contribution in [0.4, 0.5) is 4.39 Å². The molecule has 0 unspecified atom stereocenters. The summed E-state index contributed by atoms with van der Waals surface area (Å²) in [6.45, 7) is 0.937. The second kappa shape index (κ2) is 8.00. The summed E-state index contributed by atoms with van der Waals surface area (Å²) in [7, 11) is 1.50. The number of Topliss-reactive ketones (excluding diaryl/α,β-unsaturated/α-hetero) is 1. The zero-order valence-electron chi connectivity index (χ0n) is 14.1. The fourth-order valence-electron chi connectivity index (χ4n) is 2.46. The first-order valence-corrected chi connectivity index (χ1v) is 7.78. The molecule has 2 aromatic carbocycles. The van der Waals surface area contributed by atoms with Crippen LogP contribution < -0.4 is 0 Å². The SMILES string of the molecule is CC(=O)c1ccc(F)c(-c2cccc(C(=O)N(C)C[C@H](O)CO)c2)c1. The summed E-state index contributed by atoms with van der Waals surface area (Å²) >= 11 is 0. The van der Waals surface area contributed by atoms with Crippen LogP contribution in [0.15, 0.2) is 42.5 Å². The van der Waals surface area contributed by atoms with Crippen molar-refractivity contribution in [3.8, 4) is 11.1 Å². The molecule has 25 heavy (non-hydrogen) atoms. The first-order valence-electron chi connectivity index (χ1n) is 7.78. The Balaban J connectivity index is 2.35. The summed E-state index contributed by atoms with van der Waals surface area (Å²) in [6.07, 6.45) is -1.03. The number of aliphatic hydroxyl groups is 2. The largest absolute Gasteiger partial charge is 0.394 e. The quantitative estimate of drug-likeness (QED) is 0.786. The minimum Gasteiger partial charge on any atom is -0.394 e. The summed E-state index contributed by atoms with van der Waals surface area (Å²) in [5.74, 6) is -1.03. The van der Waals surface area contributed by atoms with Crippen LogP contribution in [-0.4, -0.2) is 53.1 Å². The van der Waals surface area contributed by atoms with Crippen LogP contribution in [0.25, 0.3) is 11.1 Å². The summed E-state index contributed by atoms with van der Waals surface area (Å²) in [5.41, 5.74) is 1.41. The molecule has 5 nitrogen and oxygen atoms in total. The lowest BCUT2D eigenvalue weighted by Crippen LogP contribution is -2.35. The average Bonchev–Trinajstić information content (AvgIpc) is 2.61. The smallest absolute Gasteiger partial charge is 0.253 e. The van der Waals surface area contributed by atoms with Crippen molar-refractivity contribution in [1.82, 2.24) is 4.90 Å². The van der Waals surface area contributed by atoms with E-state index in [-0.39, 0.29) is 23.8 Å². The first kappa shape index (κ1) is 18.8. The summed E-state index contributed by atoms with van der Waals surface area (Å²) in [6, 6.07) is 10.5. The van der Waals surface area contributed by atoms with E-state index >= 15 is 0 Å². The molecular weight excluding hydrogens is 325 g/mol. The maximum Gasteiger partial charge on any atom is 0.253 e. The van der Waals surface area contributed by atoms with Crippen molar-refractivity contribution in [3.05, 3.63) is 59.4 Å². The van der Waals surface area contributed by atoms with E-state index in [1.54, 1.807) is 18.2 Å². The molecule has 0 aliphatic rings. The van der Waals surface area contributed by atoms with E-state index in [1.165, 1.54) is 43.1 Å². The van der Waals surface area contributed by atoms with Gasteiger partial charge < -0.3 is 15.1 Å². The third-order valence-electron chi connectivity index (χ3n) is 3.84. The lowest BCUT2D eigenvalue weighted by molar-refractivity contribution is 0.0520. The molecule has 0 heterocycles. The highest BCUT2D eigenvalue weighted by Crippen LogP contribution is 2.25. The third kappa shape index (κ3) is 4.49. The van der Waals surface area contributed by atoms with Crippen LogP contribution in [0.2, 0.25) is 0 Å². The van der Waals surface area contributed by atoms with Crippen molar-refractivity contribution in [2.45, 2.75) is 13.0 Å². The van der Waals surface area contributed by atoms with Crippen LogP contribution in [-0.2, 0) is 0 Å². The normalized spacial score (nSPS) is 11.9. The highest BCUT2D eigenvalue weighted by molar-refractivity contribution is 5.97. The molecular formula is C19H20FNO4. The van der Waals surface area contributed by atoms with Gasteiger partial charge >= 0.3 is 0 Å². The number of carbonyl (C=O) groups excluding carboxylic acids is 2. The predicted octanol–water partition coefficient (Wildman–Crippen LogP) is 2.12. The first-order chi connectivity index (χ1) is 11.8. The zero-order valence-corrected chi connectivity index (χ0v) is 14.1. The summed E-state index contributed by atoms with van der Waals surface area (Å²) in [4.78, 5) is 25.2. The van der Waals surface area contributed by atoms with Crippen molar-refractivity contribution >= 4 is 11.7 Å². The number of likely N-dealkylation sites (N-methyl/N-ethyl adjacent to an activating group) is 1.